The third kappa shape index (κ3) is 2.44. The van der Waals surface area contributed by atoms with E-state index in [0.717, 1.165) is 16.9 Å². The molecule has 0 atom stereocenters. The number of aromatic amines is 1. The third-order valence-corrected chi connectivity index (χ3v) is 2.98. The van der Waals surface area contributed by atoms with E-state index in [4.69, 9.17) is 0 Å². The van der Waals surface area contributed by atoms with E-state index in [1.807, 2.05) is 60.7 Å². The standard InChI is InChI=1S/C16H13N3O/c20-16(18-13-9-5-2-6-10-13)14-11-17-19-15(14)12-7-3-1-4-8-12/h1-11H,(H,17,19)(H,18,20). The van der Waals surface area contributed by atoms with Crippen molar-refractivity contribution in [3.8, 4) is 11.3 Å². The minimum Gasteiger partial charge on any atom is -0.322 e. The van der Waals surface area contributed by atoms with Gasteiger partial charge in [-0.05, 0) is 12.1 Å². The highest BCUT2D eigenvalue weighted by molar-refractivity contribution is 6.07. The summed E-state index contributed by atoms with van der Waals surface area (Å²) < 4.78 is 0. The lowest BCUT2D eigenvalue weighted by atomic mass is 10.1. The van der Waals surface area contributed by atoms with Crippen LogP contribution in [0.5, 0.6) is 0 Å². The number of hydrogen-bond acceptors (Lipinski definition) is 2. The normalized spacial score (nSPS) is 10.2. The molecule has 0 bridgehead atoms. The van der Waals surface area contributed by atoms with E-state index in [0.29, 0.717) is 5.56 Å². The second-order valence-electron chi connectivity index (χ2n) is 4.34. The molecule has 0 aliphatic carbocycles. The van der Waals surface area contributed by atoms with Crippen molar-refractivity contribution >= 4 is 11.6 Å². The average Bonchev–Trinajstić information content (AvgIpc) is 2.99. The maximum absolute atomic E-state index is 12.3. The molecule has 1 amide bonds. The molecule has 0 spiro atoms. The van der Waals surface area contributed by atoms with Gasteiger partial charge in [0.1, 0.15) is 0 Å². The zero-order chi connectivity index (χ0) is 13.8. The van der Waals surface area contributed by atoms with Crippen molar-refractivity contribution in [1.82, 2.24) is 10.2 Å². The fourth-order valence-electron chi connectivity index (χ4n) is 2.00. The van der Waals surface area contributed by atoms with Gasteiger partial charge in [0.2, 0.25) is 0 Å². The number of amides is 1. The minimum absolute atomic E-state index is 0.177. The highest BCUT2D eigenvalue weighted by atomic mass is 16.1. The predicted molar refractivity (Wildman–Crippen MR) is 78.4 cm³/mol. The van der Waals surface area contributed by atoms with Crippen LogP contribution in [-0.4, -0.2) is 16.1 Å². The van der Waals surface area contributed by atoms with Crippen molar-refractivity contribution in [2.45, 2.75) is 0 Å². The monoisotopic (exact) mass is 263 g/mol. The zero-order valence-corrected chi connectivity index (χ0v) is 10.7. The number of aromatic nitrogens is 2. The van der Waals surface area contributed by atoms with Crippen LogP contribution in [-0.2, 0) is 0 Å². The molecule has 0 saturated heterocycles. The molecule has 1 heterocycles. The van der Waals surface area contributed by atoms with E-state index in [9.17, 15) is 4.79 Å². The quantitative estimate of drug-likeness (QED) is 0.761. The third-order valence-electron chi connectivity index (χ3n) is 2.98. The van der Waals surface area contributed by atoms with Crippen molar-refractivity contribution in [3.05, 3.63) is 72.4 Å². The van der Waals surface area contributed by atoms with E-state index < -0.39 is 0 Å². The Morgan fingerprint density at radius 2 is 1.60 bits per heavy atom. The summed E-state index contributed by atoms with van der Waals surface area (Å²) in [5.41, 5.74) is 2.94. The molecule has 0 fully saturated rings. The number of carbonyl (C=O) groups excluding carboxylic acids is 1. The maximum atomic E-state index is 12.3. The van der Waals surface area contributed by atoms with E-state index in [-0.39, 0.29) is 5.91 Å². The van der Waals surface area contributed by atoms with Gasteiger partial charge < -0.3 is 5.32 Å². The highest BCUT2D eigenvalue weighted by Gasteiger charge is 2.14. The Balaban J connectivity index is 1.88. The molecule has 2 N–H and O–H groups in total. The first-order valence-electron chi connectivity index (χ1n) is 6.30. The molecule has 0 radical (unpaired) electrons. The van der Waals surface area contributed by atoms with Gasteiger partial charge in [-0.15, -0.1) is 0 Å². The van der Waals surface area contributed by atoms with Gasteiger partial charge in [-0.1, -0.05) is 48.5 Å². The predicted octanol–water partition coefficient (Wildman–Crippen LogP) is 3.33. The van der Waals surface area contributed by atoms with E-state index in [2.05, 4.69) is 15.5 Å². The van der Waals surface area contributed by atoms with Crippen LogP contribution in [0.1, 0.15) is 10.4 Å². The van der Waals surface area contributed by atoms with E-state index in [1.54, 1.807) is 6.20 Å². The zero-order valence-electron chi connectivity index (χ0n) is 10.7. The number of benzene rings is 2. The van der Waals surface area contributed by atoms with Crippen molar-refractivity contribution in [3.63, 3.8) is 0 Å². The first kappa shape index (κ1) is 12.2. The van der Waals surface area contributed by atoms with Crippen LogP contribution in [0.3, 0.4) is 0 Å². The number of H-pyrrole nitrogens is 1. The van der Waals surface area contributed by atoms with Gasteiger partial charge in [-0.3, -0.25) is 9.89 Å². The lowest BCUT2D eigenvalue weighted by Crippen LogP contribution is -2.12. The van der Waals surface area contributed by atoms with Crippen LogP contribution in [0.25, 0.3) is 11.3 Å². The molecule has 4 nitrogen and oxygen atoms in total. The van der Waals surface area contributed by atoms with Gasteiger partial charge in [0.05, 0.1) is 17.5 Å². The van der Waals surface area contributed by atoms with Crippen LogP contribution in [0.15, 0.2) is 66.9 Å². The molecule has 0 unspecified atom stereocenters. The van der Waals surface area contributed by atoms with Gasteiger partial charge in [-0.25, -0.2) is 0 Å². The largest absolute Gasteiger partial charge is 0.322 e. The summed E-state index contributed by atoms with van der Waals surface area (Å²) in [4.78, 5) is 12.3. The minimum atomic E-state index is -0.177. The Bertz CT molecular complexity index is 705. The summed E-state index contributed by atoms with van der Waals surface area (Å²) >= 11 is 0. The van der Waals surface area contributed by atoms with Crippen molar-refractivity contribution < 1.29 is 4.79 Å². The van der Waals surface area contributed by atoms with Crippen molar-refractivity contribution in [1.29, 1.82) is 0 Å². The van der Waals surface area contributed by atoms with E-state index in [1.165, 1.54) is 0 Å². The van der Waals surface area contributed by atoms with Gasteiger partial charge in [0, 0.05) is 11.3 Å². The molecule has 20 heavy (non-hydrogen) atoms. The number of nitrogens with one attached hydrogen (secondary N) is 2. The maximum Gasteiger partial charge on any atom is 0.259 e. The number of para-hydroxylation sites is 1. The molecule has 0 aliphatic rings. The lowest BCUT2D eigenvalue weighted by molar-refractivity contribution is 0.102. The van der Waals surface area contributed by atoms with Gasteiger partial charge in [-0.2, -0.15) is 5.10 Å². The summed E-state index contributed by atoms with van der Waals surface area (Å²) in [6, 6.07) is 19.0. The van der Waals surface area contributed by atoms with Crippen molar-refractivity contribution in [2.75, 3.05) is 5.32 Å². The number of nitrogens with zero attached hydrogens (tertiary/aromatic N) is 1. The van der Waals surface area contributed by atoms with Crippen LogP contribution in [0.4, 0.5) is 5.69 Å². The highest BCUT2D eigenvalue weighted by Crippen LogP contribution is 2.21. The molecule has 0 aliphatic heterocycles. The summed E-state index contributed by atoms with van der Waals surface area (Å²) in [6.45, 7) is 0. The number of hydrogen-bond donors (Lipinski definition) is 2. The van der Waals surface area contributed by atoms with Gasteiger partial charge in [0.15, 0.2) is 0 Å². The molecular formula is C16H13N3O. The smallest absolute Gasteiger partial charge is 0.259 e. The molecule has 4 heteroatoms. The first-order chi connectivity index (χ1) is 9.84. The molecule has 3 rings (SSSR count). The molecule has 0 saturated carbocycles. The number of carbonyl (C=O) groups is 1. The average molecular weight is 263 g/mol. The Kier molecular flexibility index (Phi) is 3.29. The number of rotatable bonds is 3. The lowest BCUT2D eigenvalue weighted by Gasteiger charge is -2.05. The fraction of sp³-hybridized carbons (Fsp3) is 0. The molecule has 1 aromatic heterocycles. The molecule has 3 aromatic rings. The van der Waals surface area contributed by atoms with Crippen molar-refractivity contribution in [2.24, 2.45) is 0 Å². The SMILES string of the molecule is O=C(Nc1ccccc1)c1cn[nH]c1-c1ccccc1. The second-order valence-corrected chi connectivity index (χ2v) is 4.34. The topological polar surface area (TPSA) is 57.8 Å². The van der Waals surface area contributed by atoms with Crippen LogP contribution < -0.4 is 5.32 Å². The van der Waals surface area contributed by atoms with Crippen LogP contribution in [0.2, 0.25) is 0 Å². The van der Waals surface area contributed by atoms with Crippen LogP contribution >= 0.6 is 0 Å². The second kappa shape index (κ2) is 5.40. The summed E-state index contributed by atoms with van der Waals surface area (Å²) in [5.74, 6) is -0.177. The molecule has 98 valence electrons. The van der Waals surface area contributed by atoms with Crippen LogP contribution in [0, 0.1) is 0 Å². The Morgan fingerprint density at radius 1 is 0.950 bits per heavy atom. The first-order valence-corrected chi connectivity index (χ1v) is 6.30. The number of anilines is 1. The Labute approximate surface area is 116 Å². The molecule has 2 aromatic carbocycles. The molecular weight excluding hydrogens is 250 g/mol. The Morgan fingerprint density at radius 3 is 2.30 bits per heavy atom. The van der Waals surface area contributed by atoms with Gasteiger partial charge >= 0.3 is 0 Å². The van der Waals surface area contributed by atoms with Gasteiger partial charge in [0.25, 0.3) is 5.91 Å². The summed E-state index contributed by atoms with van der Waals surface area (Å²) in [6.07, 6.45) is 1.54. The Hall–Kier alpha value is -2.88. The summed E-state index contributed by atoms with van der Waals surface area (Å²) in [5, 5.41) is 9.71. The summed E-state index contributed by atoms with van der Waals surface area (Å²) in [7, 11) is 0. The van der Waals surface area contributed by atoms with E-state index >= 15 is 0 Å². The fourth-order valence-corrected chi connectivity index (χ4v) is 2.00.